The van der Waals surface area contributed by atoms with Crippen LogP contribution in [0.1, 0.15) is 19.3 Å². The van der Waals surface area contributed by atoms with Crippen molar-refractivity contribution in [3.63, 3.8) is 0 Å². The number of sulfonamides is 1. The third kappa shape index (κ3) is 4.33. The maximum Gasteiger partial charge on any atom is 0.243 e. The zero-order chi connectivity index (χ0) is 21.1. The van der Waals surface area contributed by atoms with Crippen LogP contribution in [0, 0.1) is 0 Å². The van der Waals surface area contributed by atoms with E-state index in [1.807, 2.05) is 12.1 Å². The molecule has 0 saturated carbocycles. The van der Waals surface area contributed by atoms with Crippen molar-refractivity contribution >= 4 is 33.3 Å². The maximum atomic E-state index is 13.0. The Bertz CT molecular complexity index is 972. The van der Waals surface area contributed by atoms with Crippen molar-refractivity contribution in [3.05, 3.63) is 35.4 Å². The Morgan fingerprint density at radius 1 is 0.867 bits per heavy atom. The first kappa shape index (κ1) is 21.1. The number of hydrogen-bond acceptors (Lipinski definition) is 7. The number of aromatic nitrogens is 2. The van der Waals surface area contributed by atoms with Crippen molar-refractivity contribution < 1.29 is 13.2 Å². The molecule has 2 aromatic rings. The van der Waals surface area contributed by atoms with Crippen LogP contribution in [0.25, 0.3) is 0 Å². The molecule has 0 spiro atoms. The Hall–Kier alpha value is -2.10. The van der Waals surface area contributed by atoms with Crippen molar-refractivity contribution in [1.29, 1.82) is 0 Å². The fourth-order valence-electron chi connectivity index (χ4n) is 3.89. The predicted octanol–water partition coefficient (Wildman–Crippen LogP) is 2.64. The van der Waals surface area contributed by atoms with E-state index in [0.717, 1.165) is 24.7 Å². The molecule has 0 N–H and O–H groups in total. The van der Waals surface area contributed by atoms with Gasteiger partial charge in [-0.3, -0.25) is 0 Å². The maximum absolute atomic E-state index is 13.0. The molecule has 2 fully saturated rings. The van der Waals surface area contributed by atoms with Crippen LogP contribution in [0.3, 0.4) is 0 Å². The molecule has 1 aromatic heterocycles. The number of piperidine rings is 1. The zero-order valence-electron chi connectivity index (χ0n) is 17.0. The third-order valence-electron chi connectivity index (χ3n) is 5.64. The van der Waals surface area contributed by atoms with Crippen LogP contribution < -0.4 is 14.5 Å². The summed E-state index contributed by atoms with van der Waals surface area (Å²) >= 11 is 6.11. The number of methoxy groups -OCH3 is 1. The van der Waals surface area contributed by atoms with Crippen molar-refractivity contribution in [1.82, 2.24) is 14.5 Å². The Kier molecular flexibility index (Phi) is 6.31. The van der Waals surface area contributed by atoms with Gasteiger partial charge in [-0.05, 0) is 49.6 Å². The quantitative estimate of drug-likeness (QED) is 0.691. The van der Waals surface area contributed by atoms with E-state index in [0.29, 0.717) is 31.9 Å². The second kappa shape index (κ2) is 8.95. The molecule has 162 valence electrons. The highest BCUT2D eigenvalue weighted by Gasteiger charge is 2.29. The minimum Gasteiger partial charge on any atom is -0.495 e. The van der Waals surface area contributed by atoms with Gasteiger partial charge in [0, 0.05) is 39.3 Å². The van der Waals surface area contributed by atoms with E-state index in [1.54, 1.807) is 6.07 Å². The standard InChI is InChI=1S/C20H26ClN5O3S/c1-29-18-6-5-16(15-17(18)21)30(27,28)26-13-11-25(12-14-26)20-8-7-19(22-23-20)24-9-3-2-4-10-24/h5-8,15H,2-4,9-14H2,1H3. The number of rotatable bonds is 5. The van der Waals surface area contributed by atoms with Gasteiger partial charge in [0.1, 0.15) is 5.75 Å². The highest BCUT2D eigenvalue weighted by molar-refractivity contribution is 7.89. The summed E-state index contributed by atoms with van der Waals surface area (Å²) in [5.74, 6) is 2.14. The van der Waals surface area contributed by atoms with Crippen LogP contribution in [-0.2, 0) is 10.0 Å². The molecule has 0 atom stereocenters. The summed E-state index contributed by atoms with van der Waals surface area (Å²) in [6.07, 6.45) is 3.66. The zero-order valence-corrected chi connectivity index (χ0v) is 18.6. The van der Waals surface area contributed by atoms with Gasteiger partial charge in [-0.25, -0.2) is 8.42 Å². The van der Waals surface area contributed by atoms with Crippen LogP contribution in [0.4, 0.5) is 11.6 Å². The van der Waals surface area contributed by atoms with Crippen molar-refractivity contribution in [2.75, 3.05) is 56.2 Å². The second-order valence-corrected chi connectivity index (χ2v) is 9.83. The van der Waals surface area contributed by atoms with Crippen LogP contribution in [0.15, 0.2) is 35.2 Å². The molecule has 1 aromatic carbocycles. The molecule has 10 heteroatoms. The first-order valence-corrected chi connectivity index (χ1v) is 12.0. The molecule has 2 aliphatic heterocycles. The largest absolute Gasteiger partial charge is 0.495 e. The number of ether oxygens (including phenoxy) is 1. The Labute approximate surface area is 182 Å². The molecule has 2 saturated heterocycles. The molecule has 0 amide bonds. The van der Waals surface area contributed by atoms with Crippen molar-refractivity contribution in [2.45, 2.75) is 24.2 Å². The Morgan fingerprint density at radius 3 is 2.00 bits per heavy atom. The number of piperazine rings is 1. The topological polar surface area (TPSA) is 78.9 Å². The number of hydrogen-bond donors (Lipinski definition) is 0. The van der Waals surface area contributed by atoms with E-state index in [4.69, 9.17) is 16.3 Å². The normalized spacial score (nSPS) is 18.5. The minimum absolute atomic E-state index is 0.174. The lowest BCUT2D eigenvalue weighted by atomic mass is 10.1. The van der Waals surface area contributed by atoms with Gasteiger partial charge < -0.3 is 14.5 Å². The summed E-state index contributed by atoms with van der Waals surface area (Å²) in [5, 5.41) is 9.06. The van der Waals surface area contributed by atoms with Gasteiger partial charge in [0.15, 0.2) is 11.6 Å². The van der Waals surface area contributed by atoms with E-state index in [-0.39, 0.29) is 9.92 Å². The SMILES string of the molecule is COc1ccc(S(=O)(=O)N2CCN(c3ccc(N4CCCCC4)nn3)CC2)cc1Cl. The van der Waals surface area contributed by atoms with E-state index in [9.17, 15) is 8.42 Å². The summed E-state index contributed by atoms with van der Waals surface area (Å²) in [6.45, 7) is 3.92. The third-order valence-corrected chi connectivity index (χ3v) is 7.83. The fourth-order valence-corrected chi connectivity index (χ4v) is 5.66. The molecular formula is C20H26ClN5O3S. The molecule has 30 heavy (non-hydrogen) atoms. The first-order valence-electron chi connectivity index (χ1n) is 10.2. The summed E-state index contributed by atoms with van der Waals surface area (Å²) in [5.41, 5.74) is 0. The molecule has 3 heterocycles. The monoisotopic (exact) mass is 451 g/mol. The van der Waals surface area contributed by atoms with Gasteiger partial charge in [0.05, 0.1) is 17.0 Å². The summed E-state index contributed by atoms with van der Waals surface area (Å²) in [7, 11) is -2.12. The van der Waals surface area contributed by atoms with Gasteiger partial charge in [0.2, 0.25) is 10.0 Å². The molecule has 8 nitrogen and oxygen atoms in total. The highest BCUT2D eigenvalue weighted by atomic mass is 35.5. The average Bonchev–Trinajstić information content (AvgIpc) is 2.80. The molecule has 2 aliphatic rings. The summed E-state index contributed by atoms with van der Waals surface area (Å²) in [6, 6.07) is 8.52. The lowest BCUT2D eigenvalue weighted by Gasteiger charge is -2.34. The number of anilines is 2. The van der Waals surface area contributed by atoms with E-state index >= 15 is 0 Å². The minimum atomic E-state index is -3.61. The lowest BCUT2D eigenvalue weighted by Crippen LogP contribution is -2.49. The Balaban J connectivity index is 1.40. The summed E-state index contributed by atoms with van der Waals surface area (Å²) < 4.78 is 32.5. The van der Waals surface area contributed by atoms with Crippen LogP contribution >= 0.6 is 11.6 Å². The van der Waals surface area contributed by atoms with Gasteiger partial charge in [-0.15, -0.1) is 10.2 Å². The molecule has 0 bridgehead atoms. The number of nitrogens with zero attached hydrogens (tertiary/aromatic N) is 5. The Morgan fingerprint density at radius 2 is 1.47 bits per heavy atom. The van der Waals surface area contributed by atoms with E-state index in [1.165, 1.54) is 42.8 Å². The fraction of sp³-hybridized carbons (Fsp3) is 0.500. The van der Waals surface area contributed by atoms with E-state index < -0.39 is 10.0 Å². The van der Waals surface area contributed by atoms with Gasteiger partial charge >= 0.3 is 0 Å². The van der Waals surface area contributed by atoms with Crippen LogP contribution in [-0.4, -0.2) is 69.3 Å². The lowest BCUT2D eigenvalue weighted by molar-refractivity contribution is 0.383. The molecule has 0 unspecified atom stereocenters. The summed E-state index contributed by atoms with van der Waals surface area (Å²) in [4.78, 5) is 4.51. The smallest absolute Gasteiger partial charge is 0.243 e. The number of halogens is 1. The predicted molar refractivity (Wildman–Crippen MR) is 117 cm³/mol. The van der Waals surface area contributed by atoms with Crippen molar-refractivity contribution in [2.24, 2.45) is 0 Å². The van der Waals surface area contributed by atoms with Gasteiger partial charge in [-0.1, -0.05) is 11.6 Å². The highest BCUT2D eigenvalue weighted by Crippen LogP contribution is 2.29. The van der Waals surface area contributed by atoms with Crippen LogP contribution in [0.5, 0.6) is 5.75 Å². The van der Waals surface area contributed by atoms with Crippen LogP contribution in [0.2, 0.25) is 5.02 Å². The molecule has 0 radical (unpaired) electrons. The van der Waals surface area contributed by atoms with E-state index in [2.05, 4.69) is 20.0 Å². The second-order valence-electron chi connectivity index (χ2n) is 7.48. The molecule has 0 aliphatic carbocycles. The molecular weight excluding hydrogens is 426 g/mol. The van der Waals surface area contributed by atoms with Crippen molar-refractivity contribution in [3.8, 4) is 5.75 Å². The first-order chi connectivity index (χ1) is 14.5. The van der Waals surface area contributed by atoms with Gasteiger partial charge in [0.25, 0.3) is 0 Å². The number of benzene rings is 1. The van der Waals surface area contributed by atoms with Gasteiger partial charge in [-0.2, -0.15) is 4.31 Å². The average molecular weight is 452 g/mol. The molecule has 4 rings (SSSR count).